The molecule has 0 saturated carbocycles. The van der Waals surface area contributed by atoms with Crippen LogP contribution in [-0.4, -0.2) is 32.1 Å². The zero-order chi connectivity index (χ0) is 18.5. The van der Waals surface area contributed by atoms with Gasteiger partial charge in [0.05, 0.1) is 0 Å². The summed E-state index contributed by atoms with van der Waals surface area (Å²) < 4.78 is 40.8. The molecule has 146 valence electrons. The molecule has 8 heteroatoms. The van der Waals surface area contributed by atoms with Crippen molar-refractivity contribution in [1.29, 1.82) is 0 Å². The van der Waals surface area contributed by atoms with Crippen molar-refractivity contribution in [2.24, 2.45) is 4.99 Å². The Hall–Kier alpha value is -1.97. The molecular formula is C19H22F3IN4. The normalized spacial score (nSPS) is 16.8. The number of guanidine groups is 1. The molecule has 2 N–H and O–H groups in total. The van der Waals surface area contributed by atoms with Crippen LogP contribution in [0, 0.1) is 17.5 Å². The number of nitrogens with one attached hydrogen (secondary N) is 2. The number of hydrogen-bond donors (Lipinski definition) is 2. The van der Waals surface area contributed by atoms with E-state index in [0.29, 0.717) is 25.6 Å². The Labute approximate surface area is 173 Å². The van der Waals surface area contributed by atoms with E-state index in [9.17, 15) is 13.2 Å². The Morgan fingerprint density at radius 2 is 1.78 bits per heavy atom. The van der Waals surface area contributed by atoms with Gasteiger partial charge in [0.2, 0.25) is 0 Å². The summed E-state index contributed by atoms with van der Waals surface area (Å²) in [5, 5.41) is 6.42. The van der Waals surface area contributed by atoms with E-state index in [4.69, 9.17) is 0 Å². The van der Waals surface area contributed by atoms with Crippen molar-refractivity contribution in [3.8, 4) is 0 Å². The zero-order valence-electron chi connectivity index (χ0n) is 14.9. The van der Waals surface area contributed by atoms with Crippen molar-refractivity contribution in [3.05, 3.63) is 65.5 Å². The molecule has 1 unspecified atom stereocenters. The molecule has 3 rings (SSSR count). The number of rotatable bonds is 4. The standard InChI is InChI=1S/C19H21F3N4.HI/c1-23-19(24-11-13-5-7-14(20)8-6-13)25-15-9-10-26(12-15)18-16(21)3-2-4-17(18)22;/h2-8,15H,9-12H2,1H3,(H2,23,24,25);1H. The van der Waals surface area contributed by atoms with Gasteiger partial charge in [0.1, 0.15) is 23.1 Å². The van der Waals surface area contributed by atoms with E-state index in [2.05, 4.69) is 15.6 Å². The smallest absolute Gasteiger partial charge is 0.191 e. The van der Waals surface area contributed by atoms with E-state index >= 15 is 0 Å². The first-order valence-electron chi connectivity index (χ1n) is 8.47. The van der Waals surface area contributed by atoms with Crippen molar-refractivity contribution in [3.63, 3.8) is 0 Å². The maximum absolute atomic E-state index is 13.9. The Bertz CT molecular complexity index is 763. The SMILES string of the molecule is CN=C(NCc1ccc(F)cc1)NC1CCN(c2c(F)cccc2F)C1.I. The van der Waals surface area contributed by atoms with Crippen LogP contribution in [0.25, 0.3) is 0 Å². The second kappa shape index (κ2) is 9.82. The molecule has 27 heavy (non-hydrogen) atoms. The summed E-state index contributed by atoms with van der Waals surface area (Å²) in [6.07, 6.45) is 0.741. The summed E-state index contributed by atoms with van der Waals surface area (Å²) in [7, 11) is 1.66. The average molecular weight is 490 g/mol. The van der Waals surface area contributed by atoms with Crippen LogP contribution in [0.15, 0.2) is 47.5 Å². The molecule has 4 nitrogen and oxygen atoms in total. The van der Waals surface area contributed by atoms with E-state index in [1.54, 1.807) is 24.1 Å². The van der Waals surface area contributed by atoms with Gasteiger partial charge < -0.3 is 15.5 Å². The highest BCUT2D eigenvalue weighted by molar-refractivity contribution is 14.0. The van der Waals surface area contributed by atoms with E-state index in [-0.39, 0.29) is 41.5 Å². The van der Waals surface area contributed by atoms with Gasteiger partial charge in [-0.25, -0.2) is 13.2 Å². The lowest BCUT2D eigenvalue weighted by molar-refractivity contribution is 0.576. The molecule has 0 radical (unpaired) electrons. The van der Waals surface area contributed by atoms with Crippen molar-refractivity contribution < 1.29 is 13.2 Å². The average Bonchev–Trinajstić information content (AvgIpc) is 3.08. The lowest BCUT2D eigenvalue weighted by Crippen LogP contribution is -2.44. The summed E-state index contributed by atoms with van der Waals surface area (Å²) in [5.41, 5.74) is 0.946. The third-order valence-corrected chi connectivity index (χ3v) is 4.38. The molecule has 1 fully saturated rings. The maximum Gasteiger partial charge on any atom is 0.191 e. The van der Waals surface area contributed by atoms with Crippen molar-refractivity contribution in [2.45, 2.75) is 19.0 Å². The second-order valence-electron chi connectivity index (χ2n) is 6.20. The highest BCUT2D eigenvalue weighted by Crippen LogP contribution is 2.26. The predicted octanol–water partition coefficient (Wildman–Crippen LogP) is 3.67. The van der Waals surface area contributed by atoms with Crippen molar-refractivity contribution in [2.75, 3.05) is 25.0 Å². The highest BCUT2D eigenvalue weighted by Gasteiger charge is 2.27. The number of nitrogens with zero attached hydrogens (tertiary/aromatic N) is 2. The molecule has 0 amide bonds. The molecule has 0 aromatic heterocycles. The molecule has 0 spiro atoms. The largest absolute Gasteiger partial charge is 0.365 e. The van der Waals surface area contributed by atoms with Crippen LogP contribution >= 0.6 is 24.0 Å². The first kappa shape index (κ1) is 21.3. The second-order valence-corrected chi connectivity index (χ2v) is 6.20. The van der Waals surface area contributed by atoms with E-state index in [1.165, 1.54) is 30.3 Å². The Morgan fingerprint density at radius 3 is 2.41 bits per heavy atom. The molecule has 1 aliphatic rings. The quantitative estimate of drug-likeness (QED) is 0.391. The summed E-state index contributed by atoms with van der Waals surface area (Å²) in [4.78, 5) is 5.87. The molecule has 1 heterocycles. The monoisotopic (exact) mass is 490 g/mol. The first-order chi connectivity index (χ1) is 12.6. The Balaban J connectivity index is 0.00000261. The molecule has 2 aromatic carbocycles. The summed E-state index contributed by atoms with van der Waals surface area (Å²) in [5.74, 6) is -0.785. The van der Waals surface area contributed by atoms with Crippen LogP contribution in [0.3, 0.4) is 0 Å². The number of aliphatic imine (C=N–C) groups is 1. The lowest BCUT2D eigenvalue weighted by Gasteiger charge is -2.21. The topological polar surface area (TPSA) is 39.7 Å². The molecular weight excluding hydrogens is 468 g/mol. The fraction of sp³-hybridized carbons (Fsp3) is 0.316. The van der Waals surface area contributed by atoms with Gasteiger partial charge in [-0.1, -0.05) is 18.2 Å². The molecule has 1 saturated heterocycles. The Morgan fingerprint density at radius 1 is 1.11 bits per heavy atom. The van der Waals surface area contributed by atoms with E-state index in [1.807, 2.05) is 0 Å². The number of benzene rings is 2. The van der Waals surface area contributed by atoms with Gasteiger partial charge in [-0.05, 0) is 36.2 Å². The zero-order valence-corrected chi connectivity index (χ0v) is 17.2. The van der Waals surface area contributed by atoms with Crippen LogP contribution in [0.2, 0.25) is 0 Å². The minimum atomic E-state index is -0.551. The van der Waals surface area contributed by atoms with Crippen LogP contribution in [-0.2, 0) is 6.54 Å². The van der Waals surface area contributed by atoms with Gasteiger partial charge in [-0.2, -0.15) is 0 Å². The van der Waals surface area contributed by atoms with Crippen LogP contribution in [0.1, 0.15) is 12.0 Å². The molecule has 1 aliphatic heterocycles. The van der Waals surface area contributed by atoms with Gasteiger partial charge in [-0.3, -0.25) is 4.99 Å². The van der Waals surface area contributed by atoms with Gasteiger partial charge >= 0.3 is 0 Å². The minimum Gasteiger partial charge on any atom is -0.365 e. The molecule has 0 bridgehead atoms. The number of hydrogen-bond acceptors (Lipinski definition) is 2. The summed E-state index contributed by atoms with van der Waals surface area (Å²) >= 11 is 0. The Kier molecular flexibility index (Phi) is 7.76. The van der Waals surface area contributed by atoms with Gasteiger partial charge in [0, 0.05) is 32.7 Å². The number of halogens is 4. The van der Waals surface area contributed by atoms with Crippen LogP contribution in [0.5, 0.6) is 0 Å². The maximum atomic E-state index is 13.9. The highest BCUT2D eigenvalue weighted by atomic mass is 127. The minimum absolute atomic E-state index is 0. The van der Waals surface area contributed by atoms with Gasteiger partial charge in [-0.15, -0.1) is 24.0 Å². The predicted molar refractivity (Wildman–Crippen MR) is 112 cm³/mol. The third kappa shape index (κ3) is 5.50. The van der Waals surface area contributed by atoms with E-state index < -0.39 is 11.6 Å². The summed E-state index contributed by atoms with van der Waals surface area (Å²) in [6.45, 7) is 1.54. The molecule has 1 atom stereocenters. The summed E-state index contributed by atoms with van der Waals surface area (Å²) in [6, 6.07) is 10.1. The molecule has 2 aromatic rings. The van der Waals surface area contributed by atoms with E-state index in [0.717, 1.165) is 12.0 Å². The van der Waals surface area contributed by atoms with Crippen molar-refractivity contribution >= 4 is 35.6 Å². The fourth-order valence-corrected chi connectivity index (χ4v) is 3.05. The van der Waals surface area contributed by atoms with Gasteiger partial charge in [0.25, 0.3) is 0 Å². The number of para-hydroxylation sites is 1. The van der Waals surface area contributed by atoms with Crippen LogP contribution < -0.4 is 15.5 Å². The van der Waals surface area contributed by atoms with Crippen molar-refractivity contribution in [1.82, 2.24) is 10.6 Å². The van der Waals surface area contributed by atoms with Gasteiger partial charge in [0.15, 0.2) is 5.96 Å². The third-order valence-electron chi connectivity index (χ3n) is 4.38. The molecule has 0 aliphatic carbocycles. The number of anilines is 1. The lowest BCUT2D eigenvalue weighted by atomic mass is 10.2. The van der Waals surface area contributed by atoms with Crippen LogP contribution in [0.4, 0.5) is 18.9 Å². The first-order valence-corrected chi connectivity index (χ1v) is 8.47. The fourth-order valence-electron chi connectivity index (χ4n) is 3.05.